The van der Waals surface area contributed by atoms with E-state index in [-0.39, 0.29) is 0 Å². The van der Waals surface area contributed by atoms with Crippen molar-refractivity contribution in [1.82, 2.24) is 0 Å². The molecular formula is C51H33N. The van der Waals surface area contributed by atoms with E-state index in [2.05, 4.69) is 205 Å². The molecule has 0 saturated heterocycles. The van der Waals surface area contributed by atoms with Gasteiger partial charge in [0.1, 0.15) is 0 Å². The summed E-state index contributed by atoms with van der Waals surface area (Å²) in [7, 11) is 0. The van der Waals surface area contributed by atoms with E-state index in [1.54, 1.807) is 0 Å². The molecule has 0 radical (unpaired) electrons. The molecule has 0 saturated carbocycles. The van der Waals surface area contributed by atoms with Gasteiger partial charge in [-0.1, -0.05) is 170 Å². The molecule has 11 rings (SSSR count). The van der Waals surface area contributed by atoms with E-state index in [1.165, 1.54) is 77.2 Å². The Morgan fingerprint density at radius 3 is 1.63 bits per heavy atom. The fraction of sp³-hybridized carbons (Fsp3) is 0.0196. The van der Waals surface area contributed by atoms with Gasteiger partial charge in [-0.2, -0.15) is 0 Å². The third kappa shape index (κ3) is 3.94. The Kier molecular flexibility index (Phi) is 6.23. The molecule has 1 spiro atoms. The van der Waals surface area contributed by atoms with Crippen molar-refractivity contribution in [3.05, 3.63) is 222 Å². The second-order valence-electron chi connectivity index (χ2n) is 14.0. The van der Waals surface area contributed by atoms with Gasteiger partial charge in [0.05, 0.1) is 11.1 Å². The van der Waals surface area contributed by atoms with Crippen molar-refractivity contribution in [2.75, 3.05) is 4.90 Å². The van der Waals surface area contributed by atoms with Crippen LogP contribution in [0.5, 0.6) is 0 Å². The molecule has 0 aliphatic heterocycles. The molecule has 1 nitrogen and oxygen atoms in total. The molecule has 2 aliphatic carbocycles. The molecule has 0 amide bonds. The van der Waals surface area contributed by atoms with Crippen LogP contribution in [0.25, 0.3) is 54.9 Å². The first-order valence-electron chi connectivity index (χ1n) is 18.1. The number of para-hydroxylation sites is 1. The van der Waals surface area contributed by atoms with Gasteiger partial charge in [0.15, 0.2) is 0 Å². The number of fused-ring (bicyclic) bond motifs is 15. The fourth-order valence-corrected chi connectivity index (χ4v) is 9.40. The number of nitrogens with zero attached hydrogens (tertiary/aromatic N) is 1. The highest BCUT2D eigenvalue weighted by molar-refractivity contribution is 6.07. The summed E-state index contributed by atoms with van der Waals surface area (Å²) in [6.07, 6.45) is 0. The standard InChI is InChI=1S/C51H33N/c1-2-18-36(19-3-1)52(49-28-14-17-34-15-4-6-20-38(34)49)37-30-32-47-44(33-37)41-23-9-8-22-40(41)42-24-10-12-26-45(42)51(47)46-27-13-11-25-43(46)50-39-21-7-5-16-35(39)29-31-48(50)51/h1-33H. The minimum absolute atomic E-state index is 0.531. The molecule has 52 heavy (non-hydrogen) atoms. The monoisotopic (exact) mass is 659 g/mol. The highest BCUT2D eigenvalue weighted by Crippen LogP contribution is 2.63. The van der Waals surface area contributed by atoms with Crippen LogP contribution in [0.3, 0.4) is 0 Å². The van der Waals surface area contributed by atoms with E-state index in [0.717, 1.165) is 17.1 Å². The number of rotatable bonds is 3. The lowest BCUT2D eigenvalue weighted by molar-refractivity contribution is 0.776. The summed E-state index contributed by atoms with van der Waals surface area (Å²) in [5.74, 6) is 0. The van der Waals surface area contributed by atoms with E-state index in [9.17, 15) is 0 Å². The highest BCUT2D eigenvalue weighted by atomic mass is 15.1. The average molecular weight is 660 g/mol. The van der Waals surface area contributed by atoms with Crippen molar-refractivity contribution in [2.45, 2.75) is 5.41 Å². The third-order valence-corrected chi connectivity index (χ3v) is 11.5. The Balaban J connectivity index is 1.28. The Hall–Kier alpha value is -6.70. The largest absolute Gasteiger partial charge is 0.310 e. The van der Waals surface area contributed by atoms with Crippen LogP contribution >= 0.6 is 0 Å². The molecule has 0 fully saturated rings. The number of hydrogen-bond acceptors (Lipinski definition) is 1. The van der Waals surface area contributed by atoms with Crippen LogP contribution in [0.4, 0.5) is 17.1 Å². The van der Waals surface area contributed by atoms with E-state index in [4.69, 9.17) is 0 Å². The van der Waals surface area contributed by atoms with E-state index in [0.29, 0.717) is 0 Å². The van der Waals surface area contributed by atoms with Crippen LogP contribution < -0.4 is 4.90 Å². The summed E-state index contributed by atoms with van der Waals surface area (Å²) in [6, 6.07) is 74.3. The molecule has 0 aromatic heterocycles. The Morgan fingerprint density at radius 2 is 0.846 bits per heavy atom. The van der Waals surface area contributed by atoms with Crippen LogP contribution in [0.15, 0.2) is 200 Å². The number of benzene rings is 9. The van der Waals surface area contributed by atoms with Gasteiger partial charge in [0, 0.05) is 16.8 Å². The molecule has 0 bridgehead atoms. The lowest BCUT2D eigenvalue weighted by Gasteiger charge is -2.36. The summed E-state index contributed by atoms with van der Waals surface area (Å²) in [5, 5.41) is 5.01. The van der Waals surface area contributed by atoms with Gasteiger partial charge < -0.3 is 4.90 Å². The second kappa shape index (κ2) is 11.2. The fourth-order valence-electron chi connectivity index (χ4n) is 9.40. The van der Waals surface area contributed by atoms with Crippen molar-refractivity contribution in [3.63, 3.8) is 0 Å². The lowest BCUT2D eigenvalue weighted by Crippen LogP contribution is -2.29. The average Bonchev–Trinajstić information content (AvgIpc) is 3.47. The Bertz CT molecular complexity index is 2860. The number of anilines is 3. The van der Waals surface area contributed by atoms with Crippen molar-refractivity contribution >= 4 is 38.6 Å². The van der Waals surface area contributed by atoms with Gasteiger partial charge in [-0.15, -0.1) is 0 Å². The topological polar surface area (TPSA) is 3.24 Å². The zero-order chi connectivity index (χ0) is 34.2. The SMILES string of the molecule is c1ccc(N(c2ccc3c(c2)-c2ccccc2-c2ccccc2C32c3ccccc3-c3c2ccc2ccccc32)c2cccc3ccccc23)cc1. The first-order chi connectivity index (χ1) is 25.8. The minimum Gasteiger partial charge on any atom is -0.310 e. The Labute approximate surface area is 303 Å². The smallest absolute Gasteiger partial charge is 0.0725 e. The summed E-state index contributed by atoms with van der Waals surface area (Å²) in [4.78, 5) is 2.43. The van der Waals surface area contributed by atoms with E-state index < -0.39 is 5.41 Å². The van der Waals surface area contributed by atoms with Gasteiger partial charge in [-0.25, -0.2) is 0 Å². The molecule has 0 heterocycles. The quantitative estimate of drug-likeness (QED) is 0.182. The molecule has 2 aliphatic rings. The maximum absolute atomic E-state index is 2.46. The van der Waals surface area contributed by atoms with Gasteiger partial charge in [-0.3, -0.25) is 0 Å². The highest BCUT2D eigenvalue weighted by Gasteiger charge is 2.50. The zero-order valence-electron chi connectivity index (χ0n) is 28.5. The molecular weight excluding hydrogens is 627 g/mol. The van der Waals surface area contributed by atoms with Crippen molar-refractivity contribution < 1.29 is 0 Å². The van der Waals surface area contributed by atoms with Crippen LogP contribution in [-0.2, 0) is 5.41 Å². The normalized spacial score (nSPS) is 15.0. The second-order valence-corrected chi connectivity index (χ2v) is 14.0. The number of hydrogen-bond donors (Lipinski definition) is 0. The maximum atomic E-state index is 2.46. The first kappa shape index (κ1) is 29.1. The molecule has 0 N–H and O–H groups in total. The summed E-state index contributed by atoms with van der Waals surface area (Å²) in [5.41, 5.74) is 15.9. The van der Waals surface area contributed by atoms with Crippen molar-refractivity contribution in [2.24, 2.45) is 0 Å². The third-order valence-electron chi connectivity index (χ3n) is 11.5. The van der Waals surface area contributed by atoms with Crippen LogP contribution in [0.1, 0.15) is 22.3 Å². The predicted octanol–water partition coefficient (Wildman–Crippen LogP) is 13.5. The molecule has 9 aromatic carbocycles. The summed E-state index contributed by atoms with van der Waals surface area (Å²) >= 11 is 0. The first-order valence-corrected chi connectivity index (χ1v) is 18.1. The molecule has 242 valence electrons. The lowest BCUT2D eigenvalue weighted by atomic mass is 9.65. The van der Waals surface area contributed by atoms with E-state index in [1.807, 2.05) is 0 Å². The summed E-state index contributed by atoms with van der Waals surface area (Å²) in [6.45, 7) is 0. The Morgan fingerprint density at radius 1 is 0.308 bits per heavy atom. The van der Waals surface area contributed by atoms with Crippen molar-refractivity contribution in [1.29, 1.82) is 0 Å². The molecule has 1 unspecified atom stereocenters. The molecule has 1 atom stereocenters. The predicted molar refractivity (Wildman–Crippen MR) is 218 cm³/mol. The van der Waals surface area contributed by atoms with E-state index >= 15 is 0 Å². The maximum Gasteiger partial charge on any atom is 0.0725 e. The van der Waals surface area contributed by atoms with Gasteiger partial charge in [0.2, 0.25) is 0 Å². The van der Waals surface area contributed by atoms with Crippen LogP contribution in [0, 0.1) is 0 Å². The van der Waals surface area contributed by atoms with Gasteiger partial charge in [-0.05, 0) is 102 Å². The molecule has 1 heteroatoms. The van der Waals surface area contributed by atoms with Crippen LogP contribution in [0.2, 0.25) is 0 Å². The van der Waals surface area contributed by atoms with Crippen molar-refractivity contribution in [3.8, 4) is 33.4 Å². The minimum atomic E-state index is -0.531. The van der Waals surface area contributed by atoms with Crippen LogP contribution in [-0.4, -0.2) is 0 Å². The zero-order valence-corrected chi connectivity index (χ0v) is 28.5. The van der Waals surface area contributed by atoms with Gasteiger partial charge in [0.25, 0.3) is 0 Å². The van der Waals surface area contributed by atoms with Gasteiger partial charge >= 0.3 is 0 Å². The molecule has 9 aromatic rings. The summed E-state index contributed by atoms with van der Waals surface area (Å²) < 4.78 is 0.